The van der Waals surface area contributed by atoms with Gasteiger partial charge in [-0.05, 0) is 49.4 Å². The number of hydrogen-bond acceptors (Lipinski definition) is 2. The summed E-state index contributed by atoms with van der Waals surface area (Å²) in [4.78, 5) is 28.8. The monoisotopic (exact) mass is 358 g/mol. The zero-order chi connectivity index (χ0) is 19.4. The molecular formula is C23H22N2O2. The summed E-state index contributed by atoms with van der Waals surface area (Å²) in [6, 6.07) is 24.0. The van der Waals surface area contributed by atoms with E-state index in [-0.39, 0.29) is 11.8 Å². The number of rotatable bonds is 4. The van der Waals surface area contributed by atoms with E-state index in [0.29, 0.717) is 11.1 Å². The predicted molar refractivity (Wildman–Crippen MR) is 110 cm³/mol. The second-order valence-electron chi connectivity index (χ2n) is 6.48. The van der Waals surface area contributed by atoms with Crippen molar-refractivity contribution in [1.82, 2.24) is 0 Å². The van der Waals surface area contributed by atoms with E-state index in [1.54, 1.807) is 48.2 Å². The minimum atomic E-state index is -0.158. The van der Waals surface area contributed by atoms with Crippen LogP contribution in [0.4, 0.5) is 11.4 Å². The number of hydrogen-bond donors (Lipinski definition) is 0. The van der Waals surface area contributed by atoms with Crippen molar-refractivity contribution in [1.29, 1.82) is 0 Å². The normalized spacial score (nSPS) is 10.3. The first-order valence-electron chi connectivity index (χ1n) is 8.75. The van der Waals surface area contributed by atoms with Crippen LogP contribution in [0, 0.1) is 6.92 Å². The molecule has 27 heavy (non-hydrogen) atoms. The van der Waals surface area contributed by atoms with Crippen LogP contribution in [-0.4, -0.2) is 25.9 Å². The summed E-state index contributed by atoms with van der Waals surface area (Å²) in [6.45, 7) is 2.00. The summed E-state index contributed by atoms with van der Waals surface area (Å²) in [6.07, 6.45) is 0. The highest BCUT2D eigenvalue weighted by atomic mass is 16.2. The van der Waals surface area contributed by atoms with Gasteiger partial charge in [0.25, 0.3) is 11.8 Å². The van der Waals surface area contributed by atoms with Crippen molar-refractivity contribution in [2.75, 3.05) is 23.9 Å². The predicted octanol–water partition coefficient (Wildman–Crippen LogP) is 4.55. The fourth-order valence-electron chi connectivity index (χ4n) is 2.83. The maximum Gasteiger partial charge on any atom is 0.258 e. The molecule has 0 aliphatic carbocycles. The largest absolute Gasteiger partial charge is 0.311 e. The molecule has 4 heteroatoms. The molecule has 3 aromatic carbocycles. The SMILES string of the molecule is Cc1ccc(N(C)C(=O)c2cccc(C(=O)N(C)c3ccccc3)c2)cc1. The van der Waals surface area contributed by atoms with Crippen LogP contribution in [0.2, 0.25) is 0 Å². The molecule has 4 nitrogen and oxygen atoms in total. The second-order valence-corrected chi connectivity index (χ2v) is 6.48. The molecule has 3 rings (SSSR count). The van der Waals surface area contributed by atoms with Crippen molar-refractivity contribution in [3.8, 4) is 0 Å². The molecule has 0 radical (unpaired) electrons. The van der Waals surface area contributed by atoms with Crippen LogP contribution in [-0.2, 0) is 0 Å². The first-order valence-corrected chi connectivity index (χ1v) is 8.75. The molecule has 0 bridgehead atoms. The van der Waals surface area contributed by atoms with Crippen LogP contribution in [0.25, 0.3) is 0 Å². The zero-order valence-corrected chi connectivity index (χ0v) is 15.7. The van der Waals surface area contributed by atoms with Gasteiger partial charge in [-0.3, -0.25) is 9.59 Å². The van der Waals surface area contributed by atoms with Crippen LogP contribution in [0.3, 0.4) is 0 Å². The number of nitrogens with zero attached hydrogens (tertiary/aromatic N) is 2. The number of anilines is 2. The van der Waals surface area contributed by atoms with Crippen molar-refractivity contribution in [2.45, 2.75) is 6.92 Å². The minimum absolute atomic E-state index is 0.157. The molecule has 0 aromatic heterocycles. The van der Waals surface area contributed by atoms with Gasteiger partial charge in [0.15, 0.2) is 0 Å². The van der Waals surface area contributed by atoms with Gasteiger partial charge in [-0.2, -0.15) is 0 Å². The van der Waals surface area contributed by atoms with Gasteiger partial charge in [0, 0.05) is 36.6 Å². The third-order valence-electron chi connectivity index (χ3n) is 4.53. The smallest absolute Gasteiger partial charge is 0.258 e. The molecule has 0 aliphatic rings. The Kier molecular flexibility index (Phi) is 5.36. The van der Waals surface area contributed by atoms with Crippen molar-refractivity contribution in [2.24, 2.45) is 0 Å². The number of carbonyl (C=O) groups is 2. The fraction of sp³-hybridized carbons (Fsp3) is 0.130. The molecule has 0 fully saturated rings. The number of aryl methyl sites for hydroxylation is 1. The van der Waals surface area contributed by atoms with E-state index in [2.05, 4.69) is 0 Å². The van der Waals surface area contributed by atoms with Gasteiger partial charge in [0.05, 0.1) is 0 Å². The minimum Gasteiger partial charge on any atom is -0.311 e. The Hall–Kier alpha value is -3.40. The van der Waals surface area contributed by atoms with Gasteiger partial charge in [0.1, 0.15) is 0 Å². The Bertz CT molecular complexity index is 950. The second kappa shape index (κ2) is 7.87. The highest BCUT2D eigenvalue weighted by Gasteiger charge is 2.18. The molecule has 0 N–H and O–H groups in total. The highest BCUT2D eigenvalue weighted by Crippen LogP contribution is 2.19. The third-order valence-corrected chi connectivity index (χ3v) is 4.53. The van der Waals surface area contributed by atoms with E-state index >= 15 is 0 Å². The Balaban J connectivity index is 1.83. The molecule has 0 saturated heterocycles. The van der Waals surface area contributed by atoms with Gasteiger partial charge in [-0.1, -0.05) is 42.0 Å². The highest BCUT2D eigenvalue weighted by molar-refractivity contribution is 6.10. The van der Waals surface area contributed by atoms with Gasteiger partial charge in [-0.15, -0.1) is 0 Å². The van der Waals surface area contributed by atoms with Gasteiger partial charge in [0.2, 0.25) is 0 Å². The molecular weight excluding hydrogens is 336 g/mol. The number of carbonyl (C=O) groups excluding carboxylic acids is 2. The first-order chi connectivity index (χ1) is 13.0. The van der Waals surface area contributed by atoms with Crippen LogP contribution in [0.1, 0.15) is 26.3 Å². The van der Waals surface area contributed by atoms with E-state index in [9.17, 15) is 9.59 Å². The topological polar surface area (TPSA) is 40.6 Å². The summed E-state index contributed by atoms with van der Waals surface area (Å²) in [5.41, 5.74) is 3.70. The maximum atomic E-state index is 12.8. The molecule has 136 valence electrons. The van der Waals surface area contributed by atoms with Crippen molar-refractivity contribution in [3.05, 3.63) is 95.6 Å². The summed E-state index contributed by atoms with van der Waals surface area (Å²) < 4.78 is 0. The van der Waals surface area contributed by atoms with E-state index in [1.165, 1.54) is 0 Å². The standard InChI is InChI=1S/C23H22N2O2/c1-17-12-14-21(15-13-17)25(3)23(27)19-9-7-8-18(16-19)22(26)24(2)20-10-5-4-6-11-20/h4-16H,1-3H3. The molecule has 0 saturated carbocycles. The van der Waals surface area contributed by atoms with Crippen LogP contribution in [0.5, 0.6) is 0 Å². The van der Waals surface area contributed by atoms with Crippen molar-refractivity contribution < 1.29 is 9.59 Å². The van der Waals surface area contributed by atoms with Crippen molar-refractivity contribution in [3.63, 3.8) is 0 Å². The number of benzene rings is 3. The summed E-state index contributed by atoms with van der Waals surface area (Å²) in [7, 11) is 3.46. The summed E-state index contributed by atoms with van der Waals surface area (Å²) in [5, 5.41) is 0. The van der Waals surface area contributed by atoms with Crippen LogP contribution >= 0.6 is 0 Å². The quantitative estimate of drug-likeness (QED) is 0.686. The Labute approximate surface area is 159 Å². The molecule has 0 atom stereocenters. The molecule has 0 aliphatic heterocycles. The van der Waals surface area contributed by atoms with E-state index < -0.39 is 0 Å². The Morgan fingerprint density at radius 1 is 0.630 bits per heavy atom. The molecule has 0 heterocycles. The van der Waals surface area contributed by atoms with Crippen molar-refractivity contribution >= 4 is 23.2 Å². The van der Waals surface area contributed by atoms with E-state index in [0.717, 1.165) is 16.9 Å². The van der Waals surface area contributed by atoms with Gasteiger partial charge >= 0.3 is 0 Å². The third kappa shape index (κ3) is 4.06. The Morgan fingerprint density at radius 3 is 1.63 bits per heavy atom. The summed E-state index contributed by atoms with van der Waals surface area (Å²) in [5.74, 6) is -0.315. The lowest BCUT2D eigenvalue weighted by atomic mass is 10.1. The van der Waals surface area contributed by atoms with Crippen LogP contribution < -0.4 is 9.80 Å². The average Bonchev–Trinajstić information content (AvgIpc) is 2.73. The number of para-hydroxylation sites is 1. The molecule has 0 spiro atoms. The maximum absolute atomic E-state index is 12.8. The lowest BCUT2D eigenvalue weighted by Gasteiger charge is -2.19. The average molecular weight is 358 g/mol. The fourth-order valence-corrected chi connectivity index (χ4v) is 2.83. The van der Waals surface area contributed by atoms with Gasteiger partial charge < -0.3 is 9.80 Å². The molecule has 0 unspecified atom stereocenters. The van der Waals surface area contributed by atoms with Gasteiger partial charge in [-0.25, -0.2) is 0 Å². The lowest BCUT2D eigenvalue weighted by Crippen LogP contribution is -2.28. The lowest BCUT2D eigenvalue weighted by molar-refractivity contribution is 0.0992. The first kappa shape index (κ1) is 18.4. The Morgan fingerprint density at radius 2 is 1.11 bits per heavy atom. The number of amides is 2. The van der Waals surface area contributed by atoms with E-state index in [4.69, 9.17) is 0 Å². The molecule has 3 aromatic rings. The summed E-state index contributed by atoms with van der Waals surface area (Å²) >= 11 is 0. The van der Waals surface area contributed by atoms with E-state index in [1.807, 2.05) is 61.5 Å². The zero-order valence-electron chi connectivity index (χ0n) is 15.7. The van der Waals surface area contributed by atoms with Crippen LogP contribution in [0.15, 0.2) is 78.9 Å². The molecule has 2 amide bonds.